The van der Waals surface area contributed by atoms with Crippen LogP contribution in [0.4, 0.5) is 0 Å². The number of fused-ring (bicyclic) bond motifs is 2. The van der Waals surface area contributed by atoms with Crippen molar-refractivity contribution in [2.24, 2.45) is 0 Å². The molecule has 3 aromatic rings. The van der Waals surface area contributed by atoms with E-state index >= 15 is 0 Å². The fraction of sp³-hybridized carbons (Fsp3) is 0.316. The summed E-state index contributed by atoms with van der Waals surface area (Å²) in [6.07, 6.45) is 1.82. The molecule has 2 aromatic heterocycles. The molecule has 1 amide bonds. The Bertz CT molecular complexity index is 1070. The first-order valence-corrected chi connectivity index (χ1v) is 8.24. The fourth-order valence-corrected chi connectivity index (χ4v) is 2.94. The molecule has 0 aliphatic carbocycles. The third kappa shape index (κ3) is 3.20. The average molecular weight is 357 g/mol. The molecule has 0 aliphatic heterocycles. The zero-order valence-electron chi connectivity index (χ0n) is 14.7. The van der Waals surface area contributed by atoms with Crippen LogP contribution in [0.15, 0.2) is 32.0 Å². The number of furan rings is 1. The minimum absolute atomic E-state index is 0.00170. The van der Waals surface area contributed by atoms with Gasteiger partial charge in [-0.25, -0.2) is 4.79 Å². The van der Waals surface area contributed by atoms with E-state index in [0.717, 1.165) is 21.9 Å². The molecule has 1 unspecified atom stereocenters. The van der Waals surface area contributed by atoms with Crippen LogP contribution in [-0.2, 0) is 16.0 Å². The van der Waals surface area contributed by atoms with E-state index in [1.54, 1.807) is 12.3 Å². The van der Waals surface area contributed by atoms with Crippen molar-refractivity contribution in [1.82, 2.24) is 5.32 Å². The number of carbonyl (C=O) groups excluding carboxylic acids is 1. The number of benzene rings is 1. The van der Waals surface area contributed by atoms with Crippen molar-refractivity contribution in [3.8, 4) is 0 Å². The van der Waals surface area contributed by atoms with Gasteiger partial charge >= 0.3 is 11.6 Å². The quantitative estimate of drug-likeness (QED) is 0.679. The van der Waals surface area contributed by atoms with E-state index in [2.05, 4.69) is 5.32 Å². The normalized spacial score (nSPS) is 12.4. The SMILES string of the molecule is Cc1coc2cc3oc(=O)c(CCC(=O)NC(C)C(=O)O)c(C)c3cc12. The van der Waals surface area contributed by atoms with Gasteiger partial charge in [0, 0.05) is 28.8 Å². The predicted molar refractivity (Wildman–Crippen MR) is 95.3 cm³/mol. The van der Waals surface area contributed by atoms with Crippen LogP contribution in [0.2, 0.25) is 0 Å². The molecule has 2 heterocycles. The van der Waals surface area contributed by atoms with Gasteiger partial charge in [-0.05, 0) is 44.4 Å². The van der Waals surface area contributed by atoms with Gasteiger partial charge in [-0.15, -0.1) is 0 Å². The zero-order chi connectivity index (χ0) is 19.0. The molecule has 0 saturated carbocycles. The highest BCUT2D eigenvalue weighted by atomic mass is 16.4. The second kappa shape index (κ2) is 6.67. The van der Waals surface area contributed by atoms with Crippen molar-refractivity contribution in [3.05, 3.63) is 45.5 Å². The lowest BCUT2D eigenvalue weighted by molar-refractivity contribution is -0.141. The van der Waals surface area contributed by atoms with E-state index in [1.165, 1.54) is 6.92 Å². The van der Waals surface area contributed by atoms with Crippen LogP contribution >= 0.6 is 0 Å². The van der Waals surface area contributed by atoms with Crippen molar-refractivity contribution < 1.29 is 23.5 Å². The topological polar surface area (TPSA) is 110 Å². The molecule has 136 valence electrons. The van der Waals surface area contributed by atoms with Crippen molar-refractivity contribution in [2.75, 3.05) is 0 Å². The summed E-state index contributed by atoms with van der Waals surface area (Å²) in [6.45, 7) is 5.13. The van der Waals surface area contributed by atoms with E-state index in [9.17, 15) is 14.4 Å². The first-order chi connectivity index (χ1) is 12.3. The van der Waals surface area contributed by atoms with Gasteiger partial charge in [-0.1, -0.05) is 0 Å². The number of carbonyl (C=O) groups is 2. The number of aryl methyl sites for hydroxylation is 2. The molecule has 0 bridgehead atoms. The first-order valence-electron chi connectivity index (χ1n) is 8.24. The fourth-order valence-electron chi connectivity index (χ4n) is 2.94. The number of hydrogen-bond donors (Lipinski definition) is 2. The number of carboxylic acid groups (broad SMARTS) is 1. The van der Waals surface area contributed by atoms with Gasteiger partial charge in [0.1, 0.15) is 17.2 Å². The van der Waals surface area contributed by atoms with Gasteiger partial charge in [-0.3, -0.25) is 9.59 Å². The Hall–Kier alpha value is -3.09. The summed E-state index contributed by atoms with van der Waals surface area (Å²) in [4.78, 5) is 35.0. The molecule has 0 spiro atoms. The summed E-state index contributed by atoms with van der Waals surface area (Å²) in [5.41, 5.74) is 2.72. The summed E-state index contributed by atoms with van der Waals surface area (Å²) >= 11 is 0. The molecule has 26 heavy (non-hydrogen) atoms. The Morgan fingerprint density at radius 2 is 1.92 bits per heavy atom. The third-order valence-corrected chi connectivity index (χ3v) is 4.52. The largest absolute Gasteiger partial charge is 0.480 e. The Balaban J connectivity index is 1.92. The highest BCUT2D eigenvalue weighted by molar-refractivity contribution is 5.96. The molecule has 1 atom stereocenters. The summed E-state index contributed by atoms with van der Waals surface area (Å²) < 4.78 is 10.8. The van der Waals surface area contributed by atoms with Gasteiger partial charge in [0.15, 0.2) is 0 Å². The number of aliphatic carboxylic acids is 1. The highest BCUT2D eigenvalue weighted by Gasteiger charge is 2.17. The summed E-state index contributed by atoms with van der Waals surface area (Å²) in [6, 6.07) is 2.63. The van der Waals surface area contributed by atoms with Gasteiger partial charge in [0.2, 0.25) is 5.91 Å². The lowest BCUT2D eigenvalue weighted by atomic mass is 10.0. The maximum Gasteiger partial charge on any atom is 0.339 e. The van der Waals surface area contributed by atoms with E-state index in [-0.39, 0.29) is 12.8 Å². The number of rotatable bonds is 5. The molecule has 7 nitrogen and oxygen atoms in total. The van der Waals surface area contributed by atoms with Crippen LogP contribution in [0.5, 0.6) is 0 Å². The van der Waals surface area contributed by atoms with Crippen molar-refractivity contribution in [2.45, 2.75) is 39.7 Å². The Morgan fingerprint density at radius 3 is 2.62 bits per heavy atom. The molecule has 2 N–H and O–H groups in total. The number of hydrogen-bond acceptors (Lipinski definition) is 5. The number of nitrogens with one attached hydrogen (secondary N) is 1. The third-order valence-electron chi connectivity index (χ3n) is 4.52. The lowest BCUT2D eigenvalue weighted by Gasteiger charge is -2.10. The minimum atomic E-state index is -1.11. The van der Waals surface area contributed by atoms with Crippen LogP contribution in [0.3, 0.4) is 0 Å². The average Bonchev–Trinajstić information content (AvgIpc) is 2.93. The van der Waals surface area contributed by atoms with Gasteiger partial charge in [-0.2, -0.15) is 0 Å². The van der Waals surface area contributed by atoms with Crippen LogP contribution < -0.4 is 10.9 Å². The van der Waals surface area contributed by atoms with Crippen LogP contribution in [-0.4, -0.2) is 23.0 Å². The standard InChI is InChI=1S/C19H19NO6/c1-9-8-25-15-7-16-14(6-13(9)15)10(2)12(19(24)26-16)4-5-17(21)20-11(3)18(22)23/h6-8,11H,4-5H2,1-3H3,(H,20,21)(H,22,23). The Labute approximate surface area is 148 Å². The van der Waals surface area contributed by atoms with Gasteiger partial charge in [0.05, 0.1) is 6.26 Å². The Kier molecular flexibility index (Phi) is 4.54. The molecule has 0 saturated heterocycles. The lowest BCUT2D eigenvalue weighted by Crippen LogP contribution is -2.38. The molecule has 7 heteroatoms. The minimum Gasteiger partial charge on any atom is -0.480 e. The maximum atomic E-state index is 12.3. The molecule has 1 aromatic carbocycles. The molecule has 3 rings (SSSR count). The van der Waals surface area contributed by atoms with Gasteiger partial charge < -0.3 is 19.3 Å². The molecule has 0 radical (unpaired) electrons. The van der Waals surface area contributed by atoms with Crippen molar-refractivity contribution in [1.29, 1.82) is 0 Å². The second-order valence-corrected chi connectivity index (χ2v) is 6.38. The van der Waals surface area contributed by atoms with Crippen molar-refractivity contribution >= 4 is 33.8 Å². The molecule has 0 fully saturated rings. The predicted octanol–water partition coefficient (Wildman–Crippen LogP) is 2.68. The highest BCUT2D eigenvalue weighted by Crippen LogP contribution is 2.28. The second-order valence-electron chi connectivity index (χ2n) is 6.38. The molecular weight excluding hydrogens is 338 g/mol. The van der Waals surface area contributed by atoms with E-state index in [0.29, 0.717) is 16.7 Å². The first kappa shape index (κ1) is 17.7. The van der Waals surface area contributed by atoms with Gasteiger partial charge in [0.25, 0.3) is 0 Å². The number of carboxylic acids is 1. The van der Waals surface area contributed by atoms with Crippen LogP contribution in [0.25, 0.3) is 21.9 Å². The zero-order valence-corrected chi connectivity index (χ0v) is 14.7. The van der Waals surface area contributed by atoms with E-state index in [4.69, 9.17) is 13.9 Å². The molecular formula is C19H19NO6. The molecule has 0 aliphatic rings. The number of amides is 1. The smallest absolute Gasteiger partial charge is 0.339 e. The van der Waals surface area contributed by atoms with Crippen molar-refractivity contribution in [3.63, 3.8) is 0 Å². The Morgan fingerprint density at radius 1 is 1.19 bits per heavy atom. The summed E-state index contributed by atoms with van der Waals surface area (Å²) in [5.74, 6) is -1.54. The van der Waals surface area contributed by atoms with Crippen LogP contribution in [0, 0.1) is 13.8 Å². The summed E-state index contributed by atoms with van der Waals surface area (Å²) in [7, 11) is 0. The van der Waals surface area contributed by atoms with E-state index < -0.39 is 23.5 Å². The maximum absolute atomic E-state index is 12.3. The monoisotopic (exact) mass is 357 g/mol. The van der Waals surface area contributed by atoms with Crippen LogP contribution in [0.1, 0.15) is 30.0 Å². The summed E-state index contributed by atoms with van der Waals surface area (Å²) in [5, 5.41) is 12.9. The van der Waals surface area contributed by atoms with E-state index in [1.807, 2.05) is 19.9 Å².